The number of carbonyl (C=O) groups excluding carboxylic acids is 1. The van der Waals surface area contributed by atoms with E-state index in [1.54, 1.807) is 0 Å². The second kappa shape index (κ2) is 5.65. The van der Waals surface area contributed by atoms with Crippen LogP contribution in [0.2, 0.25) is 0 Å². The maximum atomic E-state index is 11.4. The number of benzene rings is 1. The zero-order chi connectivity index (χ0) is 13.8. The fourth-order valence-corrected chi connectivity index (χ4v) is 2.34. The average Bonchev–Trinajstić information content (AvgIpc) is 2.84. The van der Waals surface area contributed by atoms with Crippen LogP contribution in [-0.4, -0.2) is 11.5 Å². The summed E-state index contributed by atoms with van der Waals surface area (Å²) in [6.45, 7) is 3.47. The predicted molar refractivity (Wildman–Crippen MR) is 77.2 cm³/mol. The Bertz CT molecular complexity index is 570. The molecule has 3 nitrogen and oxygen atoms in total. The van der Waals surface area contributed by atoms with Crippen molar-refractivity contribution in [3.05, 3.63) is 59.3 Å². The molecule has 3 N–H and O–H groups in total. The summed E-state index contributed by atoms with van der Waals surface area (Å²) < 4.78 is 0. The van der Waals surface area contributed by atoms with Crippen LogP contribution in [0.4, 0.5) is 0 Å². The first-order valence-electron chi connectivity index (χ1n) is 6.43. The van der Waals surface area contributed by atoms with Crippen LogP contribution in [0.1, 0.15) is 30.4 Å². The Morgan fingerprint density at radius 3 is 2.84 bits per heavy atom. The third-order valence-electron chi connectivity index (χ3n) is 3.38. The summed E-state index contributed by atoms with van der Waals surface area (Å²) in [7, 11) is 0. The van der Waals surface area contributed by atoms with Gasteiger partial charge in [-0.05, 0) is 42.5 Å². The average molecular weight is 254 g/mol. The van der Waals surface area contributed by atoms with Gasteiger partial charge in [0, 0.05) is 17.7 Å². The van der Waals surface area contributed by atoms with E-state index in [-0.39, 0.29) is 5.78 Å². The highest BCUT2D eigenvalue weighted by Gasteiger charge is 2.17. The number of ketones is 1. The number of hydrogen-bond acceptors (Lipinski definition) is 3. The Hall–Kier alpha value is -2.16. The van der Waals surface area contributed by atoms with E-state index in [9.17, 15) is 4.79 Å². The fraction of sp³-hybridized carbons (Fsp3) is 0.250. The van der Waals surface area contributed by atoms with Gasteiger partial charge in [0.25, 0.3) is 0 Å². The van der Waals surface area contributed by atoms with Gasteiger partial charge in [0.15, 0.2) is 5.78 Å². The molecule has 0 radical (unpaired) electrons. The van der Waals surface area contributed by atoms with Crippen molar-refractivity contribution in [3.63, 3.8) is 0 Å². The van der Waals surface area contributed by atoms with E-state index in [0.29, 0.717) is 12.1 Å². The Morgan fingerprint density at radius 2 is 2.21 bits per heavy atom. The van der Waals surface area contributed by atoms with Crippen molar-refractivity contribution in [2.75, 3.05) is 0 Å². The van der Waals surface area contributed by atoms with Crippen LogP contribution >= 0.6 is 0 Å². The summed E-state index contributed by atoms with van der Waals surface area (Å²) in [5, 5.41) is 8.24. The van der Waals surface area contributed by atoms with E-state index >= 15 is 0 Å². The molecule has 1 aromatic carbocycles. The third kappa shape index (κ3) is 2.99. The second-order valence-electron chi connectivity index (χ2n) is 4.78. The van der Waals surface area contributed by atoms with Crippen molar-refractivity contribution in [1.29, 1.82) is 5.41 Å². The molecule has 0 aromatic heterocycles. The monoisotopic (exact) mass is 254 g/mol. The van der Waals surface area contributed by atoms with Gasteiger partial charge in [0.1, 0.15) is 0 Å². The molecule has 1 aliphatic carbocycles. The minimum Gasteiger partial charge on any atom is -0.402 e. The standard InChI is InChI=1S/C16H18N2O/c1-2-13(19)10-11-5-3-6-12(9-11)16(18)14-7-4-8-15(14)17/h2-3,5-6,9,18H,1,4,7-8,10,17H2. The molecule has 0 heterocycles. The first-order chi connectivity index (χ1) is 9.11. The van der Waals surface area contributed by atoms with Crippen LogP contribution in [0, 0.1) is 5.41 Å². The number of allylic oxidation sites excluding steroid dienone is 3. The zero-order valence-electron chi connectivity index (χ0n) is 10.9. The Kier molecular flexibility index (Phi) is 3.95. The molecule has 0 saturated carbocycles. The van der Waals surface area contributed by atoms with Gasteiger partial charge < -0.3 is 5.73 Å². The smallest absolute Gasteiger partial charge is 0.159 e. The molecule has 2 rings (SSSR count). The largest absolute Gasteiger partial charge is 0.402 e. The summed E-state index contributed by atoms with van der Waals surface area (Å²) in [6, 6.07) is 7.55. The minimum atomic E-state index is -0.0109. The van der Waals surface area contributed by atoms with Crippen LogP contribution < -0.4 is 5.73 Å². The van der Waals surface area contributed by atoms with Crippen LogP contribution in [0.5, 0.6) is 0 Å². The second-order valence-corrected chi connectivity index (χ2v) is 4.78. The lowest BCUT2D eigenvalue weighted by atomic mass is 9.98. The summed E-state index contributed by atoms with van der Waals surface area (Å²) in [5.74, 6) is -0.0109. The first kappa shape index (κ1) is 13.3. The van der Waals surface area contributed by atoms with Crippen molar-refractivity contribution in [3.8, 4) is 0 Å². The van der Waals surface area contributed by atoms with Crippen molar-refractivity contribution in [2.24, 2.45) is 5.73 Å². The Labute approximate surface area is 113 Å². The zero-order valence-corrected chi connectivity index (χ0v) is 10.9. The van der Waals surface area contributed by atoms with E-state index < -0.39 is 0 Å². The van der Waals surface area contributed by atoms with Crippen LogP contribution in [0.3, 0.4) is 0 Å². The van der Waals surface area contributed by atoms with Gasteiger partial charge in [-0.15, -0.1) is 0 Å². The first-order valence-corrected chi connectivity index (χ1v) is 6.43. The molecule has 0 atom stereocenters. The van der Waals surface area contributed by atoms with Crippen LogP contribution in [0.15, 0.2) is 48.2 Å². The topological polar surface area (TPSA) is 66.9 Å². The van der Waals surface area contributed by atoms with Gasteiger partial charge >= 0.3 is 0 Å². The molecule has 98 valence electrons. The lowest BCUT2D eigenvalue weighted by Gasteiger charge is -2.08. The Morgan fingerprint density at radius 1 is 1.42 bits per heavy atom. The highest BCUT2D eigenvalue weighted by molar-refractivity contribution is 6.11. The predicted octanol–water partition coefficient (Wildman–Crippen LogP) is 2.75. The minimum absolute atomic E-state index is 0.0109. The molecule has 0 amide bonds. The molecular weight excluding hydrogens is 236 g/mol. The molecular formula is C16H18N2O. The molecule has 1 aromatic rings. The normalized spacial score (nSPS) is 14.5. The maximum absolute atomic E-state index is 11.4. The highest BCUT2D eigenvalue weighted by Crippen LogP contribution is 2.25. The van der Waals surface area contributed by atoms with Gasteiger partial charge in [-0.2, -0.15) is 0 Å². The van der Waals surface area contributed by atoms with Crippen molar-refractivity contribution in [1.82, 2.24) is 0 Å². The summed E-state index contributed by atoms with van der Waals surface area (Å²) in [4.78, 5) is 11.4. The summed E-state index contributed by atoms with van der Waals surface area (Å²) in [6.07, 6.45) is 4.44. The van der Waals surface area contributed by atoms with Crippen LogP contribution in [-0.2, 0) is 11.2 Å². The number of carbonyl (C=O) groups is 1. The number of rotatable bonds is 5. The van der Waals surface area contributed by atoms with E-state index in [0.717, 1.165) is 41.7 Å². The molecule has 0 aliphatic heterocycles. The quantitative estimate of drug-likeness (QED) is 0.626. The maximum Gasteiger partial charge on any atom is 0.159 e. The van der Waals surface area contributed by atoms with Gasteiger partial charge in [-0.25, -0.2) is 0 Å². The van der Waals surface area contributed by atoms with Crippen molar-refractivity contribution in [2.45, 2.75) is 25.7 Å². The fourth-order valence-electron chi connectivity index (χ4n) is 2.34. The molecule has 0 fully saturated rings. The third-order valence-corrected chi connectivity index (χ3v) is 3.38. The Balaban J connectivity index is 2.23. The van der Waals surface area contributed by atoms with E-state index in [2.05, 4.69) is 6.58 Å². The van der Waals surface area contributed by atoms with Crippen molar-refractivity contribution < 1.29 is 4.79 Å². The highest BCUT2D eigenvalue weighted by atomic mass is 16.1. The van der Waals surface area contributed by atoms with Gasteiger partial charge in [0.2, 0.25) is 0 Å². The number of nitrogens with two attached hydrogens (primary N) is 1. The molecule has 0 unspecified atom stereocenters. The lowest BCUT2D eigenvalue weighted by Crippen LogP contribution is -2.08. The summed E-state index contributed by atoms with van der Waals surface area (Å²) in [5.41, 5.74) is 9.93. The van der Waals surface area contributed by atoms with Crippen molar-refractivity contribution >= 4 is 11.5 Å². The molecule has 0 bridgehead atoms. The molecule has 0 saturated heterocycles. The molecule has 1 aliphatic rings. The lowest BCUT2D eigenvalue weighted by molar-refractivity contribution is -0.114. The van der Waals surface area contributed by atoms with E-state index in [1.165, 1.54) is 6.08 Å². The molecule has 0 spiro atoms. The summed E-state index contributed by atoms with van der Waals surface area (Å²) >= 11 is 0. The molecule has 19 heavy (non-hydrogen) atoms. The molecule has 3 heteroatoms. The number of nitrogens with one attached hydrogen (secondary N) is 1. The van der Waals surface area contributed by atoms with Crippen LogP contribution in [0.25, 0.3) is 0 Å². The number of hydrogen-bond donors (Lipinski definition) is 2. The van der Waals surface area contributed by atoms with Gasteiger partial charge in [0.05, 0.1) is 5.71 Å². The van der Waals surface area contributed by atoms with Gasteiger partial charge in [-0.1, -0.05) is 24.8 Å². The van der Waals surface area contributed by atoms with E-state index in [1.807, 2.05) is 24.3 Å². The van der Waals surface area contributed by atoms with E-state index in [4.69, 9.17) is 11.1 Å². The van der Waals surface area contributed by atoms with Gasteiger partial charge in [-0.3, -0.25) is 10.2 Å². The SMILES string of the molecule is C=CC(=O)Cc1cccc(C(=N)C2=C(N)CCC2)c1.